The lowest BCUT2D eigenvalue weighted by Crippen LogP contribution is -2.23. The van der Waals surface area contributed by atoms with E-state index >= 15 is 0 Å². The Balaban J connectivity index is 1.89. The highest BCUT2D eigenvalue weighted by Crippen LogP contribution is 2.21. The molecule has 0 spiro atoms. The molecule has 2 aliphatic heterocycles. The van der Waals surface area contributed by atoms with E-state index in [0.717, 1.165) is 12.8 Å². The van der Waals surface area contributed by atoms with Crippen molar-refractivity contribution in [1.82, 2.24) is 0 Å². The van der Waals surface area contributed by atoms with Gasteiger partial charge in [0.15, 0.2) is 0 Å². The molecule has 0 saturated carbocycles. The Morgan fingerprint density at radius 1 is 0.900 bits per heavy atom. The van der Waals surface area contributed by atoms with Crippen LogP contribution in [0.2, 0.25) is 0 Å². The van der Waals surface area contributed by atoms with E-state index in [1.54, 1.807) is 12.5 Å². The molecule has 2 atom stereocenters. The van der Waals surface area contributed by atoms with Crippen LogP contribution in [0, 0.1) is 0 Å². The summed E-state index contributed by atoms with van der Waals surface area (Å²) in [4.78, 5) is 0. The third kappa shape index (κ3) is 0.897. The molecule has 2 aliphatic rings. The molecular weight excluding hydrogens is 128 g/mol. The molecule has 0 aromatic rings. The fourth-order valence-corrected chi connectivity index (χ4v) is 1.28. The van der Waals surface area contributed by atoms with E-state index in [0.29, 0.717) is 0 Å². The van der Waals surface area contributed by atoms with E-state index in [4.69, 9.17) is 9.47 Å². The number of ether oxygens (including phenoxy) is 2. The minimum atomic E-state index is 0.259. The summed E-state index contributed by atoms with van der Waals surface area (Å²) < 4.78 is 10.6. The monoisotopic (exact) mass is 138 g/mol. The van der Waals surface area contributed by atoms with Crippen LogP contribution >= 0.6 is 0 Å². The van der Waals surface area contributed by atoms with Crippen molar-refractivity contribution in [2.24, 2.45) is 0 Å². The summed E-state index contributed by atoms with van der Waals surface area (Å²) in [6.45, 7) is 0. The van der Waals surface area contributed by atoms with Gasteiger partial charge in [0.05, 0.1) is 12.5 Å². The summed E-state index contributed by atoms with van der Waals surface area (Å²) in [7, 11) is 0. The first-order chi connectivity index (χ1) is 4.97. The van der Waals surface area contributed by atoms with Gasteiger partial charge in [-0.3, -0.25) is 0 Å². The van der Waals surface area contributed by atoms with Crippen LogP contribution in [0.25, 0.3) is 0 Å². The van der Waals surface area contributed by atoms with Gasteiger partial charge in [0.1, 0.15) is 12.2 Å². The molecule has 2 heteroatoms. The summed E-state index contributed by atoms with van der Waals surface area (Å²) in [5.41, 5.74) is 0. The highest BCUT2D eigenvalue weighted by Gasteiger charge is 2.25. The van der Waals surface area contributed by atoms with Crippen LogP contribution in [0.15, 0.2) is 24.7 Å². The minimum absolute atomic E-state index is 0.259. The van der Waals surface area contributed by atoms with Crippen molar-refractivity contribution in [1.29, 1.82) is 0 Å². The zero-order valence-electron chi connectivity index (χ0n) is 5.69. The maximum Gasteiger partial charge on any atom is 0.138 e. The number of rotatable bonds is 1. The predicted octanol–water partition coefficient (Wildman–Crippen LogP) is 1.59. The molecule has 0 bridgehead atoms. The fourth-order valence-electron chi connectivity index (χ4n) is 1.28. The van der Waals surface area contributed by atoms with Crippen molar-refractivity contribution in [3.05, 3.63) is 24.7 Å². The molecule has 0 aromatic heterocycles. The average Bonchev–Trinajstić information content (AvgIpc) is 2.59. The third-order valence-electron chi connectivity index (χ3n) is 1.85. The average molecular weight is 138 g/mol. The van der Waals surface area contributed by atoms with Crippen LogP contribution in [0.3, 0.4) is 0 Å². The second-order valence-corrected chi connectivity index (χ2v) is 2.56. The summed E-state index contributed by atoms with van der Waals surface area (Å²) in [6.07, 6.45) is 10.1. The molecular formula is C8H10O2. The maximum absolute atomic E-state index is 5.29. The van der Waals surface area contributed by atoms with Gasteiger partial charge in [0, 0.05) is 12.8 Å². The molecule has 2 rings (SSSR count). The van der Waals surface area contributed by atoms with Crippen LogP contribution in [0.5, 0.6) is 0 Å². The molecule has 0 fully saturated rings. The molecule has 10 heavy (non-hydrogen) atoms. The smallest absolute Gasteiger partial charge is 0.138 e. The van der Waals surface area contributed by atoms with Crippen LogP contribution < -0.4 is 0 Å². The van der Waals surface area contributed by atoms with Crippen LogP contribution in [0.1, 0.15) is 12.8 Å². The number of hydrogen-bond acceptors (Lipinski definition) is 2. The Morgan fingerprint density at radius 3 is 1.70 bits per heavy atom. The van der Waals surface area contributed by atoms with E-state index < -0.39 is 0 Å². The number of hydrogen-bond donors (Lipinski definition) is 0. The third-order valence-corrected chi connectivity index (χ3v) is 1.85. The van der Waals surface area contributed by atoms with Crippen molar-refractivity contribution >= 4 is 0 Å². The van der Waals surface area contributed by atoms with Gasteiger partial charge in [-0.05, 0) is 12.2 Å². The Labute approximate surface area is 60.1 Å². The highest BCUT2D eigenvalue weighted by molar-refractivity contribution is 4.97. The zero-order valence-corrected chi connectivity index (χ0v) is 5.69. The standard InChI is InChI=1S/C8H10O2/c1-3-7(9-5-1)8-4-2-6-10-8/h1-2,5-8H,3-4H2/t7-,8+. The van der Waals surface area contributed by atoms with Gasteiger partial charge >= 0.3 is 0 Å². The van der Waals surface area contributed by atoms with Gasteiger partial charge in [0.25, 0.3) is 0 Å². The lowest BCUT2D eigenvalue weighted by Gasteiger charge is -2.17. The zero-order chi connectivity index (χ0) is 6.81. The first-order valence-corrected chi connectivity index (χ1v) is 3.58. The lowest BCUT2D eigenvalue weighted by atomic mass is 10.1. The van der Waals surface area contributed by atoms with Gasteiger partial charge < -0.3 is 9.47 Å². The van der Waals surface area contributed by atoms with E-state index in [2.05, 4.69) is 0 Å². The van der Waals surface area contributed by atoms with Gasteiger partial charge in [-0.1, -0.05) is 0 Å². The second-order valence-electron chi connectivity index (χ2n) is 2.56. The maximum atomic E-state index is 5.29. The van der Waals surface area contributed by atoms with Crippen LogP contribution in [-0.4, -0.2) is 12.2 Å². The van der Waals surface area contributed by atoms with Gasteiger partial charge in [-0.15, -0.1) is 0 Å². The van der Waals surface area contributed by atoms with Gasteiger partial charge in [0.2, 0.25) is 0 Å². The summed E-state index contributed by atoms with van der Waals surface area (Å²) in [6, 6.07) is 0. The van der Waals surface area contributed by atoms with Crippen molar-refractivity contribution in [2.45, 2.75) is 25.0 Å². The molecule has 0 aliphatic carbocycles. The van der Waals surface area contributed by atoms with Crippen molar-refractivity contribution in [3.63, 3.8) is 0 Å². The molecule has 0 N–H and O–H groups in total. The minimum Gasteiger partial charge on any atom is -0.494 e. The lowest BCUT2D eigenvalue weighted by molar-refractivity contribution is 0.0266. The largest absolute Gasteiger partial charge is 0.494 e. The molecule has 0 amide bonds. The van der Waals surface area contributed by atoms with Crippen molar-refractivity contribution < 1.29 is 9.47 Å². The SMILES string of the molecule is C1=CO[C@H]([C@H]2CC=CO2)C1. The predicted molar refractivity (Wildman–Crippen MR) is 37.3 cm³/mol. The fraction of sp³-hybridized carbons (Fsp3) is 0.500. The quantitative estimate of drug-likeness (QED) is 0.547. The summed E-state index contributed by atoms with van der Waals surface area (Å²) in [5, 5.41) is 0. The molecule has 0 saturated heterocycles. The Morgan fingerprint density at radius 2 is 1.40 bits per heavy atom. The summed E-state index contributed by atoms with van der Waals surface area (Å²) in [5.74, 6) is 0. The molecule has 2 nitrogen and oxygen atoms in total. The molecule has 2 heterocycles. The van der Waals surface area contributed by atoms with E-state index in [9.17, 15) is 0 Å². The molecule has 0 radical (unpaired) electrons. The molecule has 0 aromatic carbocycles. The highest BCUT2D eigenvalue weighted by atomic mass is 16.5. The first-order valence-electron chi connectivity index (χ1n) is 3.58. The Kier molecular flexibility index (Phi) is 1.38. The van der Waals surface area contributed by atoms with E-state index in [1.807, 2.05) is 12.2 Å². The first kappa shape index (κ1) is 5.83. The topological polar surface area (TPSA) is 18.5 Å². The van der Waals surface area contributed by atoms with Crippen molar-refractivity contribution in [2.75, 3.05) is 0 Å². The molecule has 0 unspecified atom stereocenters. The van der Waals surface area contributed by atoms with Gasteiger partial charge in [-0.25, -0.2) is 0 Å². The Bertz CT molecular complexity index is 136. The van der Waals surface area contributed by atoms with Crippen LogP contribution in [-0.2, 0) is 9.47 Å². The normalized spacial score (nSPS) is 36.0. The Hall–Kier alpha value is -0.920. The van der Waals surface area contributed by atoms with Gasteiger partial charge in [-0.2, -0.15) is 0 Å². The summed E-state index contributed by atoms with van der Waals surface area (Å²) >= 11 is 0. The second kappa shape index (κ2) is 2.37. The van der Waals surface area contributed by atoms with Crippen LogP contribution in [0.4, 0.5) is 0 Å². The van der Waals surface area contributed by atoms with E-state index in [-0.39, 0.29) is 12.2 Å². The van der Waals surface area contributed by atoms with Crippen molar-refractivity contribution in [3.8, 4) is 0 Å². The van der Waals surface area contributed by atoms with E-state index in [1.165, 1.54) is 0 Å². The molecule has 54 valence electrons.